The number of thioether (sulfide) groups is 2. The summed E-state index contributed by atoms with van der Waals surface area (Å²) in [6.07, 6.45) is 13.1. The highest BCUT2D eigenvalue weighted by molar-refractivity contribution is 8.00. The molecule has 1 aliphatic carbocycles. The Kier molecular flexibility index (Phi) is 16.1. The number of benzene rings is 1. The first-order valence-corrected chi connectivity index (χ1v) is 23.7. The van der Waals surface area contributed by atoms with Crippen LogP contribution in [0.2, 0.25) is 5.02 Å². The molecule has 314 valence electrons. The predicted molar refractivity (Wildman–Crippen MR) is 222 cm³/mol. The lowest BCUT2D eigenvalue weighted by atomic mass is 9.77. The number of carbonyl (C=O) groups excluding carboxylic acids is 6. The number of methoxy groups -OCH3 is 2. The van der Waals surface area contributed by atoms with E-state index in [9.17, 15) is 28.8 Å². The molecular formula is C43H60ClN3O8S2. The Bertz CT molecular complexity index is 1610. The molecule has 3 amide bonds. The number of hydrogen-bond donors (Lipinski definition) is 1. The van der Waals surface area contributed by atoms with Crippen molar-refractivity contribution in [1.82, 2.24) is 15.1 Å². The van der Waals surface area contributed by atoms with Gasteiger partial charge in [0.15, 0.2) is 0 Å². The number of fused-ring (bicyclic) bond motifs is 2. The maximum Gasteiger partial charge on any atom is 0.328 e. The molecule has 1 aromatic carbocycles. The normalized spacial score (nSPS) is 28.2. The average molecular weight is 847 g/mol. The zero-order valence-corrected chi connectivity index (χ0v) is 35.9. The highest BCUT2D eigenvalue weighted by Crippen LogP contribution is 2.39. The van der Waals surface area contributed by atoms with Gasteiger partial charge in [0.1, 0.15) is 23.9 Å². The van der Waals surface area contributed by atoms with Crippen molar-refractivity contribution < 1.29 is 38.2 Å². The third-order valence-electron chi connectivity index (χ3n) is 12.9. The summed E-state index contributed by atoms with van der Waals surface area (Å²) in [5.41, 5.74) is 0.889. The van der Waals surface area contributed by atoms with Gasteiger partial charge in [-0.25, -0.2) is 9.59 Å². The topological polar surface area (TPSA) is 139 Å². The second-order valence-electron chi connectivity index (χ2n) is 16.6. The largest absolute Gasteiger partial charge is 0.467 e. The van der Waals surface area contributed by atoms with E-state index < -0.39 is 41.9 Å². The van der Waals surface area contributed by atoms with Crippen molar-refractivity contribution in [1.29, 1.82) is 0 Å². The van der Waals surface area contributed by atoms with Crippen LogP contribution in [0.15, 0.2) is 24.3 Å². The second kappa shape index (κ2) is 21.0. The van der Waals surface area contributed by atoms with Gasteiger partial charge >= 0.3 is 11.9 Å². The van der Waals surface area contributed by atoms with E-state index in [1.165, 1.54) is 20.6 Å². The molecule has 14 heteroatoms. The molecule has 5 aliphatic rings. The molecule has 57 heavy (non-hydrogen) atoms. The second-order valence-corrected chi connectivity index (χ2v) is 19.6. The summed E-state index contributed by atoms with van der Waals surface area (Å²) < 4.78 is 10.2. The third-order valence-corrected chi connectivity index (χ3v) is 15.8. The van der Waals surface area contributed by atoms with Crippen molar-refractivity contribution in [3.63, 3.8) is 0 Å². The van der Waals surface area contributed by atoms with Gasteiger partial charge in [-0.2, -0.15) is 0 Å². The van der Waals surface area contributed by atoms with E-state index in [0.717, 1.165) is 69.1 Å². The molecule has 11 nitrogen and oxygen atoms in total. The lowest BCUT2D eigenvalue weighted by Crippen LogP contribution is -2.57. The van der Waals surface area contributed by atoms with Crippen LogP contribution in [0.1, 0.15) is 115 Å². The minimum absolute atomic E-state index is 0.0527. The Labute approximate surface area is 351 Å². The first-order chi connectivity index (χ1) is 27.6. The minimum atomic E-state index is -0.784. The molecule has 4 aliphatic heterocycles. The third kappa shape index (κ3) is 11.1. The van der Waals surface area contributed by atoms with Crippen molar-refractivity contribution in [2.75, 3.05) is 25.7 Å². The molecule has 0 bridgehead atoms. The van der Waals surface area contributed by atoms with Crippen LogP contribution < -0.4 is 5.32 Å². The number of esters is 2. The van der Waals surface area contributed by atoms with Crippen LogP contribution in [-0.2, 0) is 44.7 Å². The molecule has 8 atom stereocenters. The maximum absolute atomic E-state index is 14.5. The monoisotopic (exact) mass is 845 g/mol. The quantitative estimate of drug-likeness (QED) is 0.196. The fraction of sp³-hybridized carbons (Fsp3) is 0.721. The number of Topliss-reactive ketones (excluding diaryl/α,β-unsaturated/α-hetero) is 1. The molecule has 1 N–H and O–H groups in total. The van der Waals surface area contributed by atoms with E-state index in [4.69, 9.17) is 21.1 Å². The minimum Gasteiger partial charge on any atom is -0.467 e. The summed E-state index contributed by atoms with van der Waals surface area (Å²) in [7, 11) is 2.70. The maximum atomic E-state index is 14.5. The highest BCUT2D eigenvalue weighted by atomic mass is 35.5. The molecular weight excluding hydrogens is 786 g/mol. The number of halogens is 1. The van der Waals surface area contributed by atoms with Crippen LogP contribution in [0, 0.1) is 23.7 Å². The Hall–Kier alpha value is -2.77. The van der Waals surface area contributed by atoms with Crippen LogP contribution in [0.4, 0.5) is 0 Å². The smallest absolute Gasteiger partial charge is 0.328 e. The Morgan fingerprint density at radius 3 is 2.02 bits per heavy atom. The number of ether oxygens (including phenoxy) is 2. The molecule has 1 saturated carbocycles. The SMILES string of the molecule is COC(=O)[C@@H]1CCC[C@@H]2SCC[C@H](CC(=O)[C@H](CC[C@H](Cc3cccc(Cl)c3)C(=O)N[C@H]3CCS[C@H]4CCC[C@@H](C(=O)OC)N4C3=O)CC3CCCCC3)C(=O)N21. The molecule has 0 radical (unpaired) electrons. The summed E-state index contributed by atoms with van der Waals surface area (Å²) >= 11 is 9.74. The van der Waals surface area contributed by atoms with E-state index >= 15 is 0 Å². The molecule has 4 saturated heterocycles. The van der Waals surface area contributed by atoms with Crippen LogP contribution in [0.25, 0.3) is 0 Å². The molecule has 0 spiro atoms. The van der Waals surface area contributed by atoms with Gasteiger partial charge in [-0.15, -0.1) is 23.5 Å². The molecule has 0 unspecified atom stereocenters. The fourth-order valence-electron chi connectivity index (χ4n) is 9.82. The van der Waals surface area contributed by atoms with Gasteiger partial charge in [-0.1, -0.05) is 55.8 Å². The zero-order chi connectivity index (χ0) is 40.5. The fourth-order valence-corrected chi connectivity index (χ4v) is 12.9. The zero-order valence-electron chi connectivity index (χ0n) is 33.5. The number of carbonyl (C=O) groups is 6. The number of nitrogens with one attached hydrogen (secondary N) is 1. The Balaban J connectivity index is 1.20. The highest BCUT2D eigenvalue weighted by Gasteiger charge is 2.46. The number of hydrogen-bond acceptors (Lipinski definition) is 10. The number of amides is 3. The van der Waals surface area contributed by atoms with Gasteiger partial charge < -0.3 is 24.6 Å². The molecule has 6 rings (SSSR count). The van der Waals surface area contributed by atoms with E-state index in [2.05, 4.69) is 5.32 Å². The van der Waals surface area contributed by atoms with Crippen LogP contribution >= 0.6 is 35.1 Å². The van der Waals surface area contributed by atoms with Crippen molar-refractivity contribution >= 4 is 70.6 Å². The van der Waals surface area contributed by atoms with Crippen LogP contribution in [-0.4, -0.2) is 99.8 Å². The standard InChI is InChI=1S/C43H60ClN3O8S2/c1-54-42(52)34-13-7-15-37-46(34)40(50)31(19-21-56-37)26-36(48)29(23-27-9-4-3-5-10-27)17-18-30(24-28-11-6-12-32(44)25-28)39(49)45-33-20-22-57-38-16-8-14-35(43(53)55-2)47(38)41(33)51/h6,11-12,25,27,29-31,33-35,37-38H,3-5,7-10,13-24,26H2,1-2H3,(H,45,49)/t29-,30-,31-,33+,34+,35+,37+,38+/m1/s1. The summed E-state index contributed by atoms with van der Waals surface area (Å²) in [4.78, 5) is 86.2. The summed E-state index contributed by atoms with van der Waals surface area (Å²) in [6, 6.07) is 5.36. The van der Waals surface area contributed by atoms with Crippen molar-refractivity contribution in [3.05, 3.63) is 34.9 Å². The first-order valence-electron chi connectivity index (χ1n) is 21.2. The van der Waals surface area contributed by atoms with E-state index in [-0.39, 0.29) is 46.6 Å². The van der Waals surface area contributed by atoms with Crippen molar-refractivity contribution in [3.8, 4) is 0 Å². The van der Waals surface area contributed by atoms with Crippen LogP contribution in [0.5, 0.6) is 0 Å². The van der Waals surface area contributed by atoms with E-state index in [1.807, 2.05) is 18.2 Å². The molecule has 0 aromatic heterocycles. The van der Waals surface area contributed by atoms with E-state index in [0.29, 0.717) is 61.6 Å². The van der Waals surface area contributed by atoms with Gasteiger partial charge in [-0.05, 0) is 112 Å². The number of ketones is 1. The predicted octanol–water partition coefficient (Wildman–Crippen LogP) is 6.96. The molecule has 5 fully saturated rings. The first kappa shape index (κ1) is 43.8. The van der Waals surface area contributed by atoms with Gasteiger partial charge in [0.05, 0.1) is 25.0 Å². The van der Waals surface area contributed by atoms with E-state index in [1.54, 1.807) is 39.4 Å². The van der Waals surface area contributed by atoms with Crippen LogP contribution in [0.3, 0.4) is 0 Å². The van der Waals surface area contributed by atoms with Crippen molar-refractivity contribution in [2.24, 2.45) is 23.7 Å². The molecule has 1 aromatic rings. The summed E-state index contributed by atoms with van der Waals surface area (Å²) in [6.45, 7) is 0. The van der Waals surface area contributed by atoms with Crippen molar-refractivity contribution in [2.45, 2.75) is 144 Å². The average Bonchev–Trinajstić information content (AvgIpc) is 3.48. The molecule has 4 heterocycles. The number of rotatable bonds is 14. The van der Waals surface area contributed by atoms with Gasteiger partial charge in [0.25, 0.3) is 0 Å². The van der Waals surface area contributed by atoms with Gasteiger partial charge in [0.2, 0.25) is 17.7 Å². The van der Waals surface area contributed by atoms with Gasteiger partial charge in [-0.3, -0.25) is 19.2 Å². The Morgan fingerprint density at radius 1 is 0.772 bits per heavy atom. The summed E-state index contributed by atoms with van der Waals surface area (Å²) in [5, 5.41) is 3.44. The number of piperidine rings is 2. The lowest BCUT2D eigenvalue weighted by Gasteiger charge is -2.40. The summed E-state index contributed by atoms with van der Waals surface area (Å²) in [5.74, 6) is -0.985. The lowest BCUT2D eigenvalue weighted by molar-refractivity contribution is -0.157. The Morgan fingerprint density at radius 2 is 1.39 bits per heavy atom. The van der Waals surface area contributed by atoms with Gasteiger partial charge in [0, 0.05) is 29.2 Å². The number of nitrogens with zero attached hydrogens (tertiary/aromatic N) is 2.